The Hall–Kier alpha value is -3.73. The van der Waals surface area contributed by atoms with Crippen molar-refractivity contribution in [2.45, 2.75) is 44.0 Å². The zero-order valence-corrected chi connectivity index (χ0v) is 26.6. The minimum atomic E-state index is -4.64. The van der Waals surface area contributed by atoms with Crippen molar-refractivity contribution in [3.8, 4) is 11.5 Å². The molecule has 46 heavy (non-hydrogen) atoms. The van der Waals surface area contributed by atoms with Crippen molar-refractivity contribution >= 4 is 34.4 Å². The van der Waals surface area contributed by atoms with Crippen LogP contribution in [0, 0.1) is 9.39 Å². The van der Waals surface area contributed by atoms with Crippen molar-refractivity contribution < 1.29 is 51.9 Å². The number of alkyl halides is 3. The van der Waals surface area contributed by atoms with Crippen molar-refractivity contribution in [2.24, 2.45) is 0 Å². The van der Waals surface area contributed by atoms with E-state index in [1.54, 1.807) is 12.1 Å². The van der Waals surface area contributed by atoms with Gasteiger partial charge in [-0.3, -0.25) is 9.59 Å². The first-order valence-electron chi connectivity index (χ1n) is 14.0. The second-order valence-corrected chi connectivity index (χ2v) is 11.5. The number of nitrogens with zero attached hydrogens (tertiary/aromatic N) is 1. The van der Waals surface area contributed by atoms with Crippen LogP contribution in [0.25, 0.3) is 0 Å². The Bertz CT molecular complexity index is 1580. The van der Waals surface area contributed by atoms with Gasteiger partial charge in [0.15, 0.2) is 11.5 Å². The van der Waals surface area contributed by atoms with E-state index >= 15 is 0 Å². The molecule has 9 nitrogen and oxygen atoms in total. The van der Waals surface area contributed by atoms with Crippen LogP contribution in [0.1, 0.15) is 33.5 Å². The molecule has 246 valence electrons. The van der Waals surface area contributed by atoms with Crippen LogP contribution in [0.2, 0.25) is 0 Å². The fourth-order valence-corrected chi connectivity index (χ4v) is 5.80. The molecule has 0 saturated carbocycles. The summed E-state index contributed by atoms with van der Waals surface area (Å²) < 4.78 is 66.7. The van der Waals surface area contributed by atoms with Crippen molar-refractivity contribution in [1.82, 2.24) is 10.2 Å². The fraction of sp³-hybridized carbons (Fsp3) is 0.312. The van der Waals surface area contributed by atoms with E-state index in [4.69, 9.17) is 9.47 Å². The molecular formula is C32H31F4IN2O7. The summed E-state index contributed by atoms with van der Waals surface area (Å²) in [4.78, 5) is 28.2. The second-order valence-electron chi connectivity index (χ2n) is 10.4. The number of methoxy groups -OCH3 is 1. The molecule has 0 heterocycles. The van der Waals surface area contributed by atoms with E-state index in [0.29, 0.717) is 9.13 Å². The van der Waals surface area contributed by atoms with Gasteiger partial charge in [-0.1, -0.05) is 18.2 Å². The van der Waals surface area contributed by atoms with Crippen LogP contribution >= 0.6 is 22.6 Å². The highest BCUT2D eigenvalue weighted by Gasteiger charge is 2.41. The first-order chi connectivity index (χ1) is 21.9. The van der Waals surface area contributed by atoms with E-state index < -0.39 is 54.2 Å². The molecule has 4 N–H and O–H groups in total. The van der Waals surface area contributed by atoms with Crippen molar-refractivity contribution in [2.75, 3.05) is 20.3 Å². The molecule has 0 saturated heterocycles. The maximum absolute atomic E-state index is 14.9. The SMILES string of the molecule is COc1cc(CO)cc(I)c1O[C@H]1C=C(C(=O)NCCO)C[C@@H](N(Cc2ccccc2F)C(=O)c2ccc(C(F)(F)F)cc2)[C@@H]1O. The third kappa shape index (κ3) is 8.15. The predicted molar refractivity (Wildman–Crippen MR) is 166 cm³/mol. The third-order valence-electron chi connectivity index (χ3n) is 7.36. The predicted octanol–water partition coefficient (Wildman–Crippen LogP) is 4.21. The monoisotopic (exact) mass is 758 g/mol. The molecule has 3 atom stereocenters. The molecule has 3 aromatic carbocycles. The number of amides is 2. The topological polar surface area (TPSA) is 129 Å². The van der Waals surface area contributed by atoms with E-state index in [-0.39, 0.29) is 54.4 Å². The van der Waals surface area contributed by atoms with Gasteiger partial charge in [-0.15, -0.1) is 0 Å². The normalized spacial score (nSPS) is 18.0. The molecule has 0 aromatic heterocycles. The van der Waals surface area contributed by atoms with Crippen molar-refractivity contribution in [3.63, 3.8) is 0 Å². The summed E-state index contributed by atoms with van der Waals surface area (Å²) in [6, 6.07) is 11.0. The summed E-state index contributed by atoms with van der Waals surface area (Å²) in [5.74, 6) is -1.72. The Labute approximate surface area is 275 Å². The average Bonchev–Trinajstić information content (AvgIpc) is 3.04. The van der Waals surface area contributed by atoms with E-state index in [1.165, 1.54) is 37.5 Å². The molecule has 1 aliphatic rings. The second kappa shape index (κ2) is 15.2. The Morgan fingerprint density at radius 1 is 1.09 bits per heavy atom. The molecule has 0 aliphatic heterocycles. The number of hydrogen-bond acceptors (Lipinski definition) is 7. The van der Waals surface area contributed by atoms with Gasteiger partial charge in [0.2, 0.25) is 5.91 Å². The van der Waals surface area contributed by atoms with Gasteiger partial charge in [-0.25, -0.2) is 4.39 Å². The molecular weight excluding hydrogens is 727 g/mol. The van der Waals surface area contributed by atoms with E-state index in [2.05, 4.69) is 5.32 Å². The number of nitrogens with one attached hydrogen (secondary N) is 1. The van der Waals surface area contributed by atoms with Gasteiger partial charge in [-0.05, 0) is 76.7 Å². The summed E-state index contributed by atoms with van der Waals surface area (Å²) in [6.45, 7) is -1.14. The third-order valence-corrected chi connectivity index (χ3v) is 8.16. The van der Waals surface area contributed by atoms with Gasteiger partial charge in [0.25, 0.3) is 5.91 Å². The maximum Gasteiger partial charge on any atom is 0.416 e. The standard InChI is InChI=1S/C32H31F4IN2O7/c1-45-27-13-18(17-41)12-24(37)29(27)46-26-15-21(30(43)38-10-11-40)14-25(28(26)42)39(16-20-4-2-3-5-23(20)33)31(44)19-6-8-22(9-7-19)32(34,35)36/h2-9,12-13,15,25-26,28,40-42H,10-11,14,16-17H2,1H3,(H,38,43)/t25-,26+,28+/m1/s1. The Morgan fingerprint density at radius 2 is 1.78 bits per heavy atom. The number of carbonyl (C=O) groups excluding carboxylic acids is 2. The average molecular weight is 759 g/mol. The van der Waals surface area contributed by atoms with Gasteiger partial charge in [0, 0.05) is 36.2 Å². The largest absolute Gasteiger partial charge is 0.493 e. The van der Waals surface area contributed by atoms with Crippen molar-refractivity contribution in [3.05, 3.63) is 104 Å². The zero-order valence-electron chi connectivity index (χ0n) is 24.4. The Kier molecular flexibility index (Phi) is 11.6. The van der Waals surface area contributed by atoms with E-state index in [1.807, 2.05) is 22.6 Å². The van der Waals surface area contributed by atoms with Gasteiger partial charge < -0.3 is 35.0 Å². The van der Waals surface area contributed by atoms with Gasteiger partial charge >= 0.3 is 6.18 Å². The molecule has 3 aromatic rings. The lowest BCUT2D eigenvalue weighted by molar-refractivity contribution is -0.137. The molecule has 0 spiro atoms. The first-order valence-corrected chi connectivity index (χ1v) is 15.1. The number of hydrogen-bond donors (Lipinski definition) is 4. The summed E-state index contributed by atoms with van der Waals surface area (Å²) in [5.41, 5.74) is -0.478. The van der Waals surface area contributed by atoms with Crippen LogP contribution in [0.15, 0.2) is 72.3 Å². The molecule has 4 rings (SSSR count). The number of carbonyl (C=O) groups is 2. The van der Waals surface area contributed by atoms with Crippen LogP contribution in [-0.2, 0) is 24.1 Å². The smallest absolute Gasteiger partial charge is 0.416 e. The number of halogens is 5. The molecule has 1 aliphatic carbocycles. The lowest BCUT2D eigenvalue weighted by Crippen LogP contribution is -2.55. The number of aliphatic hydroxyl groups excluding tert-OH is 3. The van der Waals surface area contributed by atoms with Crippen LogP contribution in [0.5, 0.6) is 11.5 Å². The molecule has 0 bridgehead atoms. The Balaban J connectivity index is 1.79. The van der Waals surface area contributed by atoms with Crippen LogP contribution in [0.4, 0.5) is 17.6 Å². The summed E-state index contributed by atoms with van der Waals surface area (Å²) in [5, 5.41) is 33.1. The van der Waals surface area contributed by atoms with Crippen LogP contribution < -0.4 is 14.8 Å². The van der Waals surface area contributed by atoms with E-state index in [0.717, 1.165) is 29.2 Å². The highest BCUT2D eigenvalue weighted by Crippen LogP contribution is 2.38. The number of rotatable bonds is 11. The number of ether oxygens (including phenoxy) is 2. The molecule has 14 heteroatoms. The van der Waals surface area contributed by atoms with Gasteiger partial charge in [0.1, 0.15) is 18.0 Å². The summed E-state index contributed by atoms with van der Waals surface area (Å²) in [7, 11) is 1.38. The van der Waals surface area contributed by atoms with Crippen molar-refractivity contribution in [1.29, 1.82) is 0 Å². The lowest BCUT2D eigenvalue weighted by Gasteiger charge is -2.40. The van der Waals surface area contributed by atoms with Gasteiger partial charge in [0.05, 0.1) is 35.5 Å². The minimum Gasteiger partial charge on any atom is -0.493 e. The van der Waals surface area contributed by atoms with E-state index in [9.17, 15) is 42.5 Å². The first kappa shape index (κ1) is 35.1. The van der Waals surface area contributed by atoms with Gasteiger partial charge in [-0.2, -0.15) is 13.2 Å². The highest BCUT2D eigenvalue weighted by molar-refractivity contribution is 14.1. The van der Waals surface area contributed by atoms with Crippen LogP contribution in [0.3, 0.4) is 0 Å². The molecule has 0 fully saturated rings. The minimum absolute atomic E-state index is 0.0593. The summed E-state index contributed by atoms with van der Waals surface area (Å²) in [6.07, 6.45) is -6.32. The highest BCUT2D eigenvalue weighted by atomic mass is 127. The number of benzene rings is 3. The summed E-state index contributed by atoms with van der Waals surface area (Å²) >= 11 is 1.95. The Morgan fingerprint density at radius 3 is 2.39 bits per heavy atom. The number of aliphatic hydroxyl groups is 3. The molecule has 0 radical (unpaired) electrons. The molecule has 2 amide bonds. The van der Waals surface area contributed by atoms with Crippen LogP contribution in [-0.4, -0.2) is 70.5 Å². The quantitative estimate of drug-likeness (QED) is 0.171. The maximum atomic E-state index is 14.9. The lowest BCUT2D eigenvalue weighted by atomic mass is 9.87. The fourth-order valence-electron chi connectivity index (χ4n) is 5.01. The zero-order chi connectivity index (χ0) is 33.6. The molecule has 0 unspecified atom stereocenters.